The van der Waals surface area contributed by atoms with Crippen LogP contribution < -0.4 is 0 Å². The van der Waals surface area contributed by atoms with Gasteiger partial charge in [0.1, 0.15) is 6.61 Å². The molecule has 0 saturated heterocycles. The molecule has 15 heavy (non-hydrogen) atoms. The first-order valence-electron chi connectivity index (χ1n) is 5.45. The van der Waals surface area contributed by atoms with Crippen LogP contribution in [0.5, 0.6) is 0 Å². The van der Waals surface area contributed by atoms with Gasteiger partial charge in [0.15, 0.2) is 0 Å². The highest BCUT2D eigenvalue weighted by Crippen LogP contribution is 2.00. The van der Waals surface area contributed by atoms with E-state index in [0.717, 1.165) is 12.8 Å². The van der Waals surface area contributed by atoms with Crippen molar-refractivity contribution in [1.82, 2.24) is 0 Å². The van der Waals surface area contributed by atoms with Crippen molar-refractivity contribution in [3.63, 3.8) is 0 Å². The van der Waals surface area contributed by atoms with Crippen LogP contribution in [0.3, 0.4) is 0 Å². The summed E-state index contributed by atoms with van der Waals surface area (Å²) in [5.41, 5.74) is 0. The van der Waals surface area contributed by atoms with Crippen molar-refractivity contribution < 1.29 is 9.53 Å². The number of esters is 1. The van der Waals surface area contributed by atoms with Gasteiger partial charge in [-0.15, -0.1) is 12.5 Å². The van der Waals surface area contributed by atoms with Gasteiger partial charge >= 0.3 is 5.97 Å². The highest BCUT2D eigenvalue weighted by atomic mass is 16.5. The predicted molar refractivity (Wildman–Crippen MR) is 62.2 cm³/mol. The number of rotatable bonds is 6. The number of unbranched alkanes of at least 4 members (excludes halogenated alkanes) is 3. The fourth-order valence-electron chi connectivity index (χ4n) is 1.04. The second-order valence-corrected chi connectivity index (χ2v) is 3.42. The van der Waals surface area contributed by atoms with Crippen molar-refractivity contribution in [2.45, 2.75) is 39.5 Å². The lowest BCUT2D eigenvalue weighted by atomic mass is 10.1. The zero-order valence-electron chi connectivity index (χ0n) is 9.71. The van der Waals surface area contributed by atoms with Gasteiger partial charge in [0, 0.05) is 13.3 Å². The Labute approximate surface area is 92.7 Å². The van der Waals surface area contributed by atoms with Crippen LogP contribution in [0.4, 0.5) is 0 Å². The molecule has 0 bridgehead atoms. The molecule has 2 heteroatoms. The summed E-state index contributed by atoms with van der Waals surface area (Å²) < 4.78 is 4.86. The zero-order valence-corrected chi connectivity index (χ0v) is 9.71. The Hall–Kier alpha value is -1.23. The summed E-state index contributed by atoms with van der Waals surface area (Å²) in [5, 5.41) is 0. The Morgan fingerprint density at radius 1 is 1.53 bits per heavy atom. The lowest BCUT2D eigenvalue weighted by Gasteiger charge is -2.04. The van der Waals surface area contributed by atoms with Crippen molar-refractivity contribution in [2.75, 3.05) is 6.61 Å². The summed E-state index contributed by atoms with van der Waals surface area (Å²) in [6, 6.07) is 0. The van der Waals surface area contributed by atoms with Gasteiger partial charge in [-0.25, -0.2) is 0 Å². The first-order chi connectivity index (χ1) is 7.20. The van der Waals surface area contributed by atoms with Crippen LogP contribution in [0.1, 0.15) is 39.5 Å². The highest BCUT2D eigenvalue weighted by molar-refractivity contribution is 5.65. The molecular weight excluding hydrogens is 188 g/mol. The molecule has 1 unspecified atom stereocenters. The van der Waals surface area contributed by atoms with E-state index in [4.69, 9.17) is 4.74 Å². The number of carbonyl (C=O) groups excluding carboxylic acids is 1. The van der Waals surface area contributed by atoms with E-state index in [1.54, 1.807) is 6.08 Å². The monoisotopic (exact) mass is 208 g/mol. The molecule has 0 radical (unpaired) electrons. The maximum absolute atomic E-state index is 10.6. The highest BCUT2D eigenvalue weighted by Gasteiger charge is 2.01. The van der Waals surface area contributed by atoms with E-state index in [2.05, 4.69) is 25.3 Å². The molecule has 0 aliphatic carbocycles. The normalized spacial score (nSPS) is 11.1. The van der Waals surface area contributed by atoms with Crippen molar-refractivity contribution in [2.24, 2.45) is 5.92 Å². The summed E-state index contributed by atoms with van der Waals surface area (Å²) in [6.07, 6.45) is 6.20. The van der Waals surface area contributed by atoms with Gasteiger partial charge in [0.25, 0.3) is 0 Å². The smallest absolute Gasteiger partial charge is 0.302 e. The third kappa shape index (κ3) is 9.08. The molecule has 0 rings (SSSR count). The van der Waals surface area contributed by atoms with E-state index < -0.39 is 0 Å². The molecule has 1 atom stereocenters. The lowest BCUT2D eigenvalue weighted by Crippen LogP contribution is -2.08. The number of hydrogen-bond donors (Lipinski definition) is 0. The SMILES string of the molecule is C=CC(C#CCCCCC)COC(C)=O. The molecule has 0 heterocycles. The van der Waals surface area contributed by atoms with Crippen LogP contribution >= 0.6 is 0 Å². The molecule has 0 aromatic heterocycles. The minimum absolute atomic E-state index is 0.0319. The fourth-order valence-corrected chi connectivity index (χ4v) is 1.04. The van der Waals surface area contributed by atoms with Crippen LogP contribution in [0, 0.1) is 17.8 Å². The molecule has 0 aliphatic heterocycles. The molecule has 0 amide bonds. The number of carbonyl (C=O) groups is 1. The average molecular weight is 208 g/mol. The van der Waals surface area contributed by atoms with Crippen molar-refractivity contribution in [3.8, 4) is 11.8 Å². The Balaban J connectivity index is 3.76. The van der Waals surface area contributed by atoms with E-state index in [0.29, 0.717) is 6.61 Å². The van der Waals surface area contributed by atoms with Crippen LogP contribution in [-0.4, -0.2) is 12.6 Å². The largest absolute Gasteiger partial charge is 0.464 e. The molecular formula is C13H20O2. The van der Waals surface area contributed by atoms with E-state index >= 15 is 0 Å². The predicted octanol–water partition coefficient (Wildman–Crippen LogP) is 2.94. The lowest BCUT2D eigenvalue weighted by molar-refractivity contribution is -0.141. The molecule has 0 saturated carbocycles. The van der Waals surface area contributed by atoms with Crippen molar-refractivity contribution >= 4 is 5.97 Å². The van der Waals surface area contributed by atoms with Gasteiger partial charge in [-0.05, 0) is 6.42 Å². The molecule has 2 nitrogen and oxygen atoms in total. The van der Waals surface area contributed by atoms with E-state index in [9.17, 15) is 4.79 Å². The Kier molecular flexibility index (Phi) is 8.56. The zero-order chi connectivity index (χ0) is 11.5. The van der Waals surface area contributed by atoms with Gasteiger partial charge in [-0.2, -0.15) is 0 Å². The summed E-state index contributed by atoms with van der Waals surface area (Å²) in [4.78, 5) is 10.6. The minimum Gasteiger partial charge on any atom is -0.464 e. The van der Waals surface area contributed by atoms with Crippen LogP contribution in [0.25, 0.3) is 0 Å². The third-order valence-corrected chi connectivity index (χ3v) is 1.94. The Bertz CT molecular complexity index is 245. The maximum Gasteiger partial charge on any atom is 0.302 e. The molecule has 0 N–H and O–H groups in total. The molecule has 0 fully saturated rings. The van der Waals surface area contributed by atoms with Crippen LogP contribution in [0.15, 0.2) is 12.7 Å². The first kappa shape index (κ1) is 13.8. The third-order valence-electron chi connectivity index (χ3n) is 1.94. The van der Waals surface area contributed by atoms with E-state index in [1.807, 2.05) is 0 Å². The van der Waals surface area contributed by atoms with Crippen LogP contribution in [0.2, 0.25) is 0 Å². The standard InChI is InChI=1S/C13H20O2/c1-4-6-7-8-9-10-13(5-2)11-15-12(3)14/h5,13H,2,4,6-8,11H2,1,3H3. The molecule has 0 aliphatic rings. The molecule has 0 aromatic carbocycles. The molecule has 84 valence electrons. The van der Waals surface area contributed by atoms with Gasteiger partial charge in [0.2, 0.25) is 0 Å². The average Bonchev–Trinajstić information content (AvgIpc) is 2.22. The summed E-state index contributed by atoms with van der Waals surface area (Å²) >= 11 is 0. The summed E-state index contributed by atoms with van der Waals surface area (Å²) in [6.45, 7) is 7.54. The molecule has 0 spiro atoms. The van der Waals surface area contributed by atoms with E-state index in [-0.39, 0.29) is 11.9 Å². The molecule has 0 aromatic rings. The van der Waals surface area contributed by atoms with Crippen LogP contribution in [-0.2, 0) is 9.53 Å². The first-order valence-corrected chi connectivity index (χ1v) is 5.45. The van der Waals surface area contributed by atoms with Gasteiger partial charge in [-0.1, -0.05) is 31.8 Å². The van der Waals surface area contributed by atoms with Gasteiger partial charge in [0.05, 0.1) is 5.92 Å². The van der Waals surface area contributed by atoms with Gasteiger partial charge in [-0.3, -0.25) is 4.79 Å². The quantitative estimate of drug-likeness (QED) is 0.290. The Morgan fingerprint density at radius 3 is 2.80 bits per heavy atom. The number of ether oxygens (including phenoxy) is 1. The van der Waals surface area contributed by atoms with E-state index in [1.165, 1.54) is 19.8 Å². The van der Waals surface area contributed by atoms with Gasteiger partial charge < -0.3 is 4.74 Å². The second-order valence-electron chi connectivity index (χ2n) is 3.42. The van der Waals surface area contributed by atoms with Crippen molar-refractivity contribution in [3.05, 3.63) is 12.7 Å². The Morgan fingerprint density at radius 2 is 2.27 bits per heavy atom. The maximum atomic E-state index is 10.6. The van der Waals surface area contributed by atoms with Crippen molar-refractivity contribution in [1.29, 1.82) is 0 Å². The summed E-state index contributed by atoms with van der Waals surface area (Å²) in [5.74, 6) is 5.82. The number of hydrogen-bond acceptors (Lipinski definition) is 2. The minimum atomic E-state index is -0.269. The second kappa shape index (κ2) is 9.33. The fraction of sp³-hybridized carbons (Fsp3) is 0.615. The summed E-state index contributed by atoms with van der Waals surface area (Å²) in [7, 11) is 0. The topological polar surface area (TPSA) is 26.3 Å².